The van der Waals surface area contributed by atoms with Crippen molar-refractivity contribution in [1.82, 2.24) is 0 Å². The quantitative estimate of drug-likeness (QED) is 0.223. The third kappa shape index (κ3) is 5.31. The molecule has 30 heavy (non-hydrogen) atoms. The van der Waals surface area contributed by atoms with Crippen molar-refractivity contribution < 1.29 is 73.1 Å². The molecule has 17 heteroatoms. The third-order valence-corrected chi connectivity index (χ3v) is 3.52. The van der Waals surface area contributed by atoms with Gasteiger partial charge in [-0.25, -0.2) is 4.79 Å². The molecule has 1 rings (SSSR count). The van der Waals surface area contributed by atoms with Crippen molar-refractivity contribution in [2.45, 2.75) is 29.1 Å². The minimum atomic E-state index is -7.11. The molecule has 1 unspecified atom stereocenters. The first kappa shape index (κ1) is 25.9. The number of ether oxygens (including phenoxy) is 1. The van der Waals surface area contributed by atoms with Crippen molar-refractivity contribution >= 4 is 27.9 Å². The molecule has 170 valence electrons. The summed E-state index contributed by atoms with van der Waals surface area (Å²) in [6, 6.07) is 2.74. The summed E-state index contributed by atoms with van der Waals surface area (Å²) in [5, 5.41) is 10.5. The highest BCUT2D eigenvalue weighted by Crippen LogP contribution is 2.52. The van der Waals surface area contributed by atoms with Crippen LogP contribution in [0.25, 0.3) is 0 Å². The molecule has 1 aromatic rings. The fraction of sp³-hybridized carbons (Fsp3) is 0.385. The lowest BCUT2D eigenvalue weighted by molar-refractivity contribution is -0.504. The summed E-state index contributed by atoms with van der Waals surface area (Å²) >= 11 is 1.02. The number of carboxylic acid groups (broad SMARTS) is 1. The van der Waals surface area contributed by atoms with Gasteiger partial charge in [0, 0.05) is 0 Å². The summed E-state index contributed by atoms with van der Waals surface area (Å²) in [5.74, 6) is -10.7. The first-order valence-electron chi connectivity index (χ1n) is 6.75. The van der Waals surface area contributed by atoms with Gasteiger partial charge in [-0.05, 0) is 33.6 Å². The molecule has 0 heterocycles. The van der Waals surface area contributed by atoms with Crippen molar-refractivity contribution in [2.24, 2.45) is 0 Å². The van der Waals surface area contributed by atoms with Gasteiger partial charge in [-0.1, -0.05) is 12.1 Å². The molecule has 6 nitrogen and oxygen atoms in total. The average Bonchev–Trinajstić information content (AvgIpc) is 2.57. The van der Waals surface area contributed by atoms with Gasteiger partial charge in [0.25, 0.3) is 0 Å². The van der Waals surface area contributed by atoms with Crippen LogP contribution in [0.3, 0.4) is 0 Å². The SMILES string of the molecule is O=C([O-])c1ccc(C(=O)OOC(F)(F)C(F)(Br)OC(F)(F)C(F)(F)C(F)(F)F)cc1. The zero-order valence-corrected chi connectivity index (χ0v) is 15.0. The van der Waals surface area contributed by atoms with Gasteiger partial charge in [0.1, 0.15) is 0 Å². The molecule has 0 radical (unpaired) electrons. The number of benzene rings is 1. The second kappa shape index (κ2) is 8.18. The van der Waals surface area contributed by atoms with Crippen LogP contribution in [0.2, 0.25) is 0 Å². The number of carbonyl (C=O) groups excluding carboxylic acids is 2. The zero-order chi connectivity index (χ0) is 23.8. The van der Waals surface area contributed by atoms with E-state index < -0.39 is 52.1 Å². The Kier molecular flexibility index (Phi) is 7.06. The number of carbonyl (C=O) groups is 2. The molecule has 0 amide bonds. The minimum Gasteiger partial charge on any atom is -0.545 e. The molecule has 0 aliphatic rings. The molecule has 0 saturated heterocycles. The summed E-state index contributed by atoms with van der Waals surface area (Å²) in [7, 11) is 0. The van der Waals surface area contributed by atoms with Gasteiger partial charge in [0.2, 0.25) is 0 Å². The Labute approximate surface area is 166 Å². The number of hydrogen-bond acceptors (Lipinski definition) is 6. The molecule has 0 bridgehead atoms. The van der Waals surface area contributed by atoms with E-state index in [0.717, 1.165) is 28.1 Å². The van der Waals surface area contributed by atoms with Gasteiger partial charge in [-0.3, -0.25) is 9.62 Å². The van der Waals surface area contributed by atoms with Crippen molar-refractivity contribution in [3.8, 4) is 0 Å². The topological polar surface area (TPSA) is 84.9 Å². The molecule has 0 aliphatic carbocycles. The monoisotopic (exact) mass is 525 g/mol. The van der Waals surface area contributed by atoms with Crippen LogP contribution < -0.4 is 5.11 Å². The van der Waals surface area contributed by atoms with Gasteiger partial charge in [-0.2, -0.15) is 43.9 Å². The molecule has 0 fully saturated rings. The predicted molar refractivity (Wildman–Crippen MR) is 72.0 cm³/mol. The maximum Gasteiger partial charge on any atom is 0.462 e. The number of halogens is 11. The van der Waals surface area contributed by atoms with E-state index in [0.29, 0.717) is 12.1 Å². The van der Waals surface area contributed by atoms with Gasteiger partial charge in [0.05, 0.1) is 11.5 Å². The van der Waals surface area contributed by atoms with Crippen LogP contribution in [-0.2, 0) is 14.5 Å². The highest BCUT2D eigenvalue weighted by atomic mass is 79.9. The number of hydrogen-bond donors (Lipinski definition) is 0. The average molecular weight is 526 g/mol. The Hall–Kier alpha value is -2.14. The lowest BCUT2D eigenvalue weighted by atomic mass is 10.1. The van der Waals surface area contributed by atoms with E-state index in [1.807, 2.05) is 0 Å². The fourth-order valence-corrected chi connectivity index (χ4v) is 1.65. The van der Waals surface area contributed by atoms with Crippen molar-refractivity contribution in [3.63, 3.8) is 0 Å². The van der Waals surface area contributed by atoms with E-state index in [4.69, 9.17) is 0 Å². The summed E-state index contributed by atoms with van der Waals surface area (Å²) in [5.41, 5.74) is -1.20. The van der Waals surface area contributed by atoms with Crippen LogP contribution in [0, 0.1) is 0 Å². The molecule has 0 aromatic heterocycles. The molecular weight excluding hydrogens is 522 g/mol. The summed E-state index contributed by atoms with van der Waals surface area (Å²) < 4.78 is 124. The Morgan fingerprint density at radius 3 is 1.63 bits per heavy atom. The highest BCUT2D eigenvalue weighted by molar-refractivity contribution is 9.10. The number of alkyl halides is 11. The maximum atomic E-state index is 13.7. The number of aromatic carboxylic acids is 1. The molecular formula is C13H4BrF10O6-. The lowest BCUT2D eigenvalue weighted by Crippen LogP contribution is -2.58. The predicted octanol–water partition coefficient (Wildman–Crippen LogP) is 3.56. The molecule has 0 saturated carbocycles. The second-order valence-electron chi connectivity index (χ2n) is 5.04. The van der Waals surface area contributed by atoms with E-state index in [-0.39, 0.29) is 0 Å². The summed E-state index contributed by atoms with van der Waals surface area (Å²) in [6.45, 7) is 0. The van der Waals surface area contributed by atoms with E-state index in [1.54, 1.807) is 0 Å². The fourth-order valence-electron chi connectivity index (χ4n) is 1.38. The lowest BCUT2D eigenvalue weighted by Gasteiger charge is -2.33. The molecule has 0 N–H and O–H groups in total. The Morgan fingerprint density at radius 2 is 1.23 bits per heavy atom. The van der Waals surface area contributed by atoms with Crippen molar-refractivity contribution in [2.75, 3.05) is 0 Å². The normalized spacial score (nSPS) is 15.4. The zero-order valence-electron chi connectivity index (χ0n) is 13.4. The van der Waals surface area contributed by atoms with Crippen LogP contribution in [0.15, 0.2) is 24.3 Å². The largest absolute Gasteiger partial charge is 0.545 e. The molecule has 0 aliphatic heterocycles. The number of rotatable bonds is 8. The Morgan fingerprint density at radius 1 is 0.800 bits per heavy atom. The first-order chi connectivity index (χ1) is 13.3. The van der Waals surface area contributed by atoms with E-state index >= 15 is 0 Å². The molecule has 1 atom stereocenters. The van der Waals surface area contributed by atoms with E-state index in [9.17, 15) is 58.6 Å². The van der Waals surface area contributed by atoms with Gasteiger partial charge in [0.15, 0.2) is 0 Å². The second-order valence-corrected chi connectivity index (χ2v) is 6.06. The van der Waals surface area contributed by atoms with Crippen LogP contribution in [0.1, 0.15) is 20.7 Å². The summed E-state index contributed by atoms with van der Waals surface area (Å²) in [4.78, 5) is 28.2. The molecule has 0 spiro atoms. The number of carboxylic acids is 1. The Balaban J connectivity index is 2.93. The van der Waals surface area contributed by atoms with Crippen LogP contribution in [0.5, 0.6) is 0 Å². The maximum absolute atomic E-state index is 13.7. The Bertz CT molecular complexity index is 793. The smallest absolute Gasteiger partial charge is 0.462 e. The standard InChI is InChI=1S/C13H5BrF10O6/c14-10(17,29-12(21,22)9(15,16)11(18,19)20)13(23,24)30-28-8(27)6-3-1-5(2-4-6)7(25)26/h1-4H,(H,25,26)/p-1. The van der Waals surface area contributed by atoms with Gasteiger partial charge < -0.3 is 9.90 Å². The van der Waals surface area contributed by atoms with Crippen molar-refractivity contribution in [3.05, 3.63) is 35.4 Å². The van der Waals surface area contributed by atoms with Crippen LogP contribution in [0.4, 0.5) is 43.9 Å². The molecule has 1 aromatic carbocycles. The summed E-state index contributed by atoms with van der Waals surface area (Å²) in [6.07, 6.45) is -19.8. The van der Waals surface area contributed by atoms with Crippen LogP contribution >= 0.6 is 15.9 Å². The first-order valence-corrected chi connectivity index (χ1v) is 7.54. The van der Waals surface area contributed by atoms with E-state index in [2.05, 4.69) is 14.5 Å². The van der Waals surface area contributed by atoms with Gasteiger partial charge in [-0.15, -0.1) is 4.89 Å². The third-order valence-electron chi connectivity index (χ3n) is 2.90. The van der Waals surface area contributed by atoms with Gasteiger partial charge >= 0.3 is 35.0 Å². The minimum absolute atomic E-state index is 0.484. The van der Waals surface area contributed by atoms with E-state index in [1.165, 1.54) is 0 Å². The van der Waals surface area contributed by atoms with Crippen LogP contribution in [-0.4, -0.2) is 41.0 Å². The highest BCUT2D eigenvalue weighted by Gasteiger charge is 2.78. The van der Waals surface area contributed by atoms with Crippen molar-refractivity contribution in [1.29, 1.82) is 0 Å².